The fourth-order valence-electron chi connectivity index (χ4n) is 2.30. The molecule has 0 saturated carbocycles. The van der Waals surface area contributed by atoms with Gasteiger partial charge in [0.1, 0.15) is 11.6 Å². The highest BCUT2D eigenvalue weighted by molar-refractivity contribution is 7.09. The van der Waals surface area contributed by atoms with Gasteiger partial charge in [-0.25, -0.2) is 13.8 Å². The van der Waals surface area contributed by atoms with Gasteiger partial charge in [0, 0.05) is 23.4 Å². The molecule has 0 amide bonds. The number of aryl methyl sites for hydroxylation is 2. The molecule has 114 valence electrons. The van der Waals surface area contributed by atoms with Gasteiger partial charge in [0.25, 0.3) is 0 Å². The van der Waals surface area contributed by atoms with Gasteiger partial charge in [0.2, 0.25) is 0 Å². The zero-order valence-corrected chi connectivity index (χ0v) is 13.4. The number of thiazole rings is 1. The van der Waals surface area contributed by atoms with Gasteiger partial charge in [-0.15, -0.1) is 11.3 Å². The molecule has 5 heteroatoms. The first-order valence-electron chi connectivity index (χ1n) is 7.11. The van der Waals surface area contributed by atoms with E-state index in [1.165, 1.54) is 12.1 Å². The van der Waals surface area contributed by atoms with Crippen molar-refractivity contribution in [3.63, 3.8) is 0 Å². The number of nitrogens with one attached hydrogen (secondary N) is 1. The van der Waals surface area contributed by atoms with Crippen molar-refractivity contribution in [1.29, 1.82) is 0 Å². The lowest BCUT2D eigenvalue weighted by molar-refractivity contribution is 0.460. The molecule has 0 aliphatic carbocycles. The quantitative estimate of drug-likeness (QED) is 0.859. The van der Waals surface area contributed by atoms with Crippen LogP contribution in [0.1, 0.15) is 41.2 Å². The number of nitrogens with zero attached hydrogens (tertiary/aromatic N) is 1. The average Bonchev–Trinajstić information content (AvgIpc) is 2.86. The van der Waals surface area contributed by atoms with Gasteiger partial charge >= 0.3 is 0 Å². The van der Waals surface area contributed by atoms with E-state index in [0.717, 1.165) is 17.1 Å². The Bertz CT molecular complexity index is 610. The van der Waals surface area contributed by atoms with Crippen molar-refractivity contribution in [1.82, 2.24) is 10.3 Å². The van der Waals surface area contributed by atoms with E-state index in [-0.39, 0.29) is 5.56 Å². The minimum absolute atomic E-state index is 0.120. The molecule has 2 nitrogen and oxygen atoms in total. The van der Waals surface area contributed by atoms with Crippen molar-refractivity contribution < 1.29 is 8.78 Å². The highest BCUT2D eigenvalue weighted by atomic mass is 32.1. The summed E-state index contributed by atoms with van der Waals surface area (Å²) in [6.07, 6.45) is 1.39. The minimum Gasteiger partial charge on any atom is -0.309 e. The summed E-state index contributed by atoms with van der Waals surface area (Å²) < 4.78 is 28.5. The lowest BCUT2D eigenvalue weighted by atomic mass is 9.98. The fraction of sp³-hybridized carbons (Fsp3) is 0.438. The maximum Gasteiger partial charge on any atom is 0.133 e. The van der Waals surface area contributed by atoms with E-state index in [0.29, 0.717) is 18.5 Å². The molecule has 2 rings (SSSR count). The second-order valence-electron chi connectivity index (χ2n) is 5.16. The summed E-state index contributed by atoms with van der Waals surface area (Å²) in [5.74, 6) is -0.964. The van der Waals surface area contributed by atoms with Gasteiger partial charge in [0.05, 0.1) is 10.7 Å². The Hall–Kier alpha value is -1.33. The SMILES string of the molecule is CCCNC(Cc1csc(C)n1)c1c(F)ccc(C)c1F. The smallest absolute Gasteiger partial charge is 0.133 e. The standard InChI is InChI=1S/C16H20F2N2S/c1-4-7-19-14(8-12-9-21-11(3)20-12)15-13(17)6-5-10(2)16(15)18/h5-6,9,14,19H,4,7-8H2,1-3H3. The van der Waals surface area contributed by atoms with E-state index in [1.54, 1.807) is 18.3 Å². The van der Waals surface area contributed by atoms with Crippen molar-refractivity contribution in [3.05, 3.63) is 51.0 Å². The maximum absolute atomic E-state index is 14.4. The topological polar surface area (TPSA) is 24.9 Å². The molecule has 1 atom stereocenters. The Morgan fingerprint density at radius 2 is 2.05 bits per heavy atom. The first-order chi connectivity index (χ1) is 10.0. The lowest BCUT2D eigenvalue weighted by Gasteiger charge is -2.20. The molecule has 0 fully saturated rings. The molecule has 21 heavy (non-hydrogen) atoms. The van der Waals surface area contributed by atoms with Crippen molar-refractivity contribution in [2.24, 2.45) is 0 Å². The van der Waals surface area contributed by atoms with Crippen LogP contribution in [0.25, 0.3) is 0 Å². The Morgan fingerprint density at radius 1 is 1.29 bits per heavy atom. The van der Waals surface area contributed by atoms with Crippen molar-refractivity contribution in [3.8, 4) is 0 Å². The van der Waals surface area contributed by atoms with Crippen LogP contribution >= 0.6 is 11.3 Å². The van der Waals surface area contributed by atoms with E-state index in [9.17, 15) is 8.78 Å². The fourth-order valence-corrected chi connectivity index (χ4v) is 2.93. The predicted octanol–water partition coefficient (Wildman–Crippen LogP) is 4.32. The maximum atomic E-state index is 14.4. The summed E-state index contributed by atoms with van der Waals surface area (Å²) in [6, 6.07) is 2.41. The van der Waals surface area contributed by atoms with Crippen molar-refractivity contribution in [2.45, 2.75) is 39.7 Å². The van der Waals surface area contributed by atoms with Crippen LogP contribution in [0.2, 0.25) is 0 Å². The van der Waals surface area contributed by atoms with Crippen LogP contribution in [0.3, 0.4) is 0 Å². The summed E-state index contributed by atoms with van der Waals surface area (Å²) in [7, 11) is 0. The van der Waals surface area contributed by atoms with Crippen LogP contribution in [0.15, 0.2) is 17.5 Å². The molecule has 0 aliphatic heterocycles. The Balaban J connectivity index is 2.33. The van der Waals surface area contributed by atoms with Gasteiger partial charge in [-0.2, -0.15) is 0 Å². The monoisotopic (exact) mass is 310 g/mol. The molecule has 1 N–H and O–H groups in total. The van der Waals surface area contributed by atoms with Crippen LogP contribution in [-0.4, -0.2) is 11.5 Å². The van der Waals surface area contributed by atoms with Crippen LogP contribution in [0.4, 0.5) is 8.78 Å². The van der Waals surface area contributed by atoms with E-state index in [1.807, 2.05) is 19.2 Å². The average molecular weight is 310 g/mol. The number of hydrogen-bond acceptors (Lipinski definition) is 3. The van der Waals surface area contributed by atoms with Gasteiger partial charge < -0.3 is 5.32 Å². The van der Waals surface area contributed by atoms with Crippen molar-refractivity contribution in [2.75, 3.05) is 6.54 Å². The molecule has 0 radical (unpaired) electrons. The molecule has 1 unspecified atom stereocenters. The minimum atomic E-state index is -0.501. The summed E-state index contributed by atoms with van der Waals surface area (Å²) >= 11 is 1.55. The number of aromatic nitrogens is 1. The second kappa shape index (κ2) is 7.09. The summed E-state index contributed by atoms with van der Waals surface area (Å²) in [5, 5.41) is 6.15. The zero-order valence-electron chi connectivity index (χ0n) is 12.5. The second-order valence-corrected chi connectivity index (χ2v) is 6.22. The number of rotatable bonds is 6. The third-order valence-electron chi connectivity index (χ3n) is 3.39. The molecule has 1 aromatic heterocycles. The molecule has 1 aromatic carbocycles. The molecular weight excluding hydrogens is 290 g/mol. The third-order valence-corrected chi connectivity index (χ3v) is 4.21. The van der Waals surface area contributed by atoms with Gasteiger partial charge in [0.15, 0.2) is 0 Å². The first kappa shape index (κ1) is 16.0. The molecule has 1 heterocycles. The lowest BCUT2D eigenvalue weighted by Crippen LogP contribution is -2.26. The predicted molar refractivity (Wildman–Crippen MR) is 82.7 cm³/mol. The zero-order chi connectivity index (χ0) is 15.4. The molecular formula is C16H20F2N2S. The number of benzene rings is 1. The van der Waals surface area contributed by atoms with Gasteiger partial charge in [-0.1, -0.05) is 13.0 Å². The van der Waals surface area contributed by atoms with Crippen LogP contribution in [0.5, 0.6) is 0 Å². The Morgan fingerprint density at radius 3 is 2.67 bits per heavy atom. The van der Waals surface area contributed by atoms with Gasteiger partial charge in [-0.3, -0.25) is 0 Å². The largest absolute Gasteiger partial charge is 0.309 e. The molecule has 0 saturated heterocycles. The molecule has 0 bridgehead atoms. The molecule has 2 aromatic rings. The number of hydrogen-bond donors (Lipinski definition) is 1. The van der Waals surface area contributed by atoms with E-state index in [2.05, 4.69) is 10.3 Å². The van der Waals surface area contributed by atoms with Crippen LogP contribution in [-0.2, 0) is 6.42 Å². The third kappa shape index (κ3) is 3.86. The van der Waals surface area contributed by atoms with E-state index >= 15 is 0 Å². The molecule has 0 aliphatic rings. The summed E-state index contributed by atoms with van der Waals surface area (Å²) in [6.45, 7) is 6.32. The van der Waals surface area contributed by atoms with E-state index < -0.39 is 17.7 Å². The van der Waals surface area contributed by atoms with Crippen LogP contribution < -0.4 is 5.32 Å². The normalized spacial score (nSPS) is 12.6. The number of halogens is 2. The first-order valence-corrected chi connectivity index (χ1v) is 7.99. The Kier molecular flexibility index (Phi) is 5.42. The van der Waals surface area contributed by atoms with Crippen molar-refractivity contribution >= 4 is 11.3 Å². The summed E-state index contributed by atoms with van der Waals surface area (Å²) in [5.41, 5.74) is 1.45. The van der Waals surface area contributed by atoms with Gasteiger partial charge in [-0.05, 0) is 38.4 Å². The Labute approximate surface area is 128 Å². The summed E-state index contributed by atoms with van der Waals surface area (Å²) in [4.78, 5) is 4.40. The van der Waals surface area contributed by atoms with E-state index in [4.69, 9.17) is 0 Å². The van der Waals surface area contributed by atoms with Crippen LogP contribution in [0, 0.1) is 25.5 Å². The highest BCUT2D eigenvalue weighted by Gasteiger charge is 2.22. The highest BCUT2D eigenvalue weighted by Crippen LogP contribution is 2.26. The molecule has 0 spiro atoms.